The normalized spacial score (nSPS) is 16.2. The first-order chi connectivity index (χ1) is 14.8. The molecule has 0 N–H and O–H groups in total. The molecule has 31 heavy (non-hydrogen) atoms. The molecule has 158 valence electrons. The van der Waals surface area contributed by atoms with Crippen LogP contribution >= 0.6 is 34.5 Å². The molecule has 5 nitrogen and oxygen atoms in total. The Kier molecular flexibility index (Phi) is 5.83. The third kappa shape index (κ3) is 3.96. The van der Waals surface area contributed by atoms with Crippen LogP contribution in [0.2, 0.25) is 10.0 Å². The van der Waals surface area contributed by atoms with E-state index >= 15 is 0 Å². The maximum atomic E-state index is 13.5. The lowest BCUT2D eigenvalue weighted by atomic mass is 9.96. The summed E-state index contributed by atoms with van der Waals surface area (Å²) >= 11 is 13.4. The molecule has 1 aromatic heterocycles. The molecule has 9 heteroatoms. The second-order valence-corrected chi connectivity index (χ2v) is 8.64. The van der Waals surface area contributed by atoms with Gasteiger partial charge in [-0.15, -0.1) is 0 Å². The number of aromatic nitrogens is 1. The van der Waals surface area contributed by atoms with E-state index < -0.39 is 17.8 Å². The Labute approximate surface area is 190 Å². The van der Waals surface area contributed by atoms with Crippen molar-refractivity contribution in [3.05, 3.63) is 100 Å². The first-order valence-corrected chi connectivity index (χ1v) is 10.7. The van der Waals surface area contributed by atoms with Crippen molar-refractivity contribution in [3.8, 4) is 0 Å². The number of halogens is 3. The Bertz CT molecular complexity index is 1410. The predicted octanol–water partition coefficient (Wildman–Crippen LogP) is 3.85. The molecular formula is C22H15Cl2FN2O3S. The van der Waals surface area contributed by atoms with Crippen molar-refractivity contribution >= 4 is 46.6 Å². The number of hydrogen-bond donors (Lipinski definition) is 0. The quantitative estimate of drug-likeness (QED) is 0.539. The summed E-state index contributed by atoms with van der Waals surface area (Å²) in [5.41, 5.74) is 1.49. The highest BCUT2D eigenvalue weighted by Gasteiger charge is 2.33. The largest absolute Gasteiger partial charge is 0.466 e. The van der Waals surface area contributed by atoms with Crippen LogP contribution in [0.3, 0.4) is 0 Å². The summed E-state index contributed by atoms with van der Waals surface area (Å²) in [6.45, 7) is 1.68. The van der Waals surface area contributed by atoms with E-state index in [2.05, 4.69) is 4.99 Å². The fraction of sp³-hybridized carbons (Fsp3) is 0.136. The number of carbonyl (C=O) groups is 1. The molecular weight excluding hydrogens is 462 g/mol. The number of rotatable bonds is 3. The Morgan fingerprint density at radius 2 is 1.94 bits per heavy atom. The SMILES string of the molecule is COC(=O)C1=C(C)N=c2s/c(=C/c3ccc(Cl)cc3Cl)c(=O)n2C1c1ccc(F)cc1. The fourth-order valence-electron chi connectivity index (χ4n) is 3.41. The second-order valence-electron chi connectivity index (χ2n) is 6.79. The first-order valence-electron chi connectivity index (χ1n) is 9.11. The minimum Gasteiger partial charge on any atom is -0.466 e. The first kappa shape index (κ1) is 21.5. The molecule has 0 aliphatic carbocycles. The van der Waals surface area contributed by atoms with Gasteiger partial charge >= 0.3 is 5.97 Å². The Morgan fingerprint density at radius 1 is 1.23 bits per heavy atom. The summed E-state index contributed by atoms with van der Waals surface area (Å²) in [5, 5.41) is 0.887. The number of ether oxygens (including phenoxy) is 1. The minimum absolute atomic E-state index is 0.220. The average Bonchev–Trinajstić information content (AvgIpc) is 3.04. The molecule has 4 rings (SSSR count). The molecule has 0 saturated carbocycles. The van der Waals surface area contributed by atoms with E-state index in [0.29, 0.717) is 36.2 Å². The van der Waals surface area contributed by atoms with Crippen LogP contribution in [-0.4, -0.2) is 17.6 Å². The van der Waals surface area contributed by atoms with Gasteiger partial charge in [0.05, 0.1) is 29.0 Å². The second kappa shape index (κ2) is 8.42. The van der Waals surface area contributed by atoms with Crippen molar-refractivity contribution in [3.63, 3.8) is 0 Å². The van der Waals surface area contributed by atoms with Crippen LogP contribution in [-0.2, 0) is 9.53 Å². The summed E-state index contributed by atoms with van der Waals surface area (Å²) in [6, 6.07) is 9.82. The zero-order valence-corrected chi connectivity index (χ0v) is 18.7. The van der Waals surface area contributed by atoms with Crippen molar-refractivity contribution < 1.29 is 13.9 Å². The van der Waals surface area contributed by atoms with E-state index in [-0.39, 0.29) is 11.1 Å². The highest BCUT2D eigenvalue weighted by Crippen LogP contribution is 2.30. The molecule has 0 saturated heterocycles. The maximum absolute atomic E-state index is 13.5. The summed E-state index contributed by atoms with van der Waals surface area (Å²) < 4.78 is 20.3. The topological polar surface area (TPSA) is 60.7 Å². The lowest BCUT2D eigenvalue weighted by molar-refractivity contribution is -0.136. The summed E-state index contributed by atoms with van der Waals surface area (Å²) in [7, 11) is 1.26. The van der Waals surface area contributed by atoms with Crippen molar-refractivity contribution in [2.75, 3.05) is 7.11 Å². The van der Waals surface area contributed by atoms with Gasteiger partial charge in [-0.3, -0.25) is 9.36 Å². The van der Waals surface area contributed by atoms with Crippen molar-refractivity contribution in [1.82, 2.24) is 4.57 Å². The van der Waals surface area contributed by atoms with Crippen LogP contribution in [0, 0.1) is 5.82 Å². The molecule has 1 aliphatic rings. The van der Waals surface area contributed by atoms with Gasteiger partial charge in [0, 0.05) is 10.0 Å². The van der Waals surface area contributed by atoms with Crippen LogP contribution in [0.5, 0.6) is 0 Å². The maximum Gasteiger partial charge on any atom is 0.338 e. The van der Waals surface area contributed by atoms with Gasteiger partial charge in [-0.2, -0.15) is 0 Å². The number of hydrogen-bond acceptors (Lipinski definition) is 5. The molecule has 2 heterocycles. The highest BCUT2D eigenvalue weighted by atomic mass is 35.5. The van der Waals surface area contributed by atoms with E-state index in [0.717, 1.165) is 0 Å². The lowest BCUT2D eigenvalue weighted by Gasteiger charge is -2.24. The number of carbonyl (C=O) groups excluding carboxylic acids is 1. The van der Waals surface area contributed by atoms with Crippen LogP contribution in [0.25, 0.3) is 6.08 Å². The molecule has 0 bridgehead atoms. The number of nitrogens with zero attached hydrogens (tertiary/aromatic N) is 2. The molecule has 0 radical (unpaired) electrons. The Balaban J connectivity index is 1.98. The Hall–Kier alpha value is -2.74. The van der Waals surface area contributed by atoms with Gasteiger partial charge in [0.25, 0.3) is 5.56 Å². The number of benzene rings is 2. The van der Waals surface area contributed by atoms with Gasteiger partial charge in [-0.1, -0.05) is 52.7 Å². The third-order valence-electron chi connectivity index (χ3n) is 4.86. The van der Waals surface area contributed by atoms with Crippen molar-refractivity contribution in [2.45, 2.75) is 13.0 Å². The summed E-state index contributed by atoms with van der Waals surface area (Å²) in [4.78, 5) is 30.8. The standard InChI is InChI=1S/C22H15Cl2FN2O3S/c1-11-18(21(29)30-2)19(12-4-7-15(25)8-5-12)27-20(28)17(31-22(27)26-11)9-13-3-6-14(23)10-16(13)24/h3-10,19H,1-2H3/b17-9+. The van der Waals surface area contributed by atoms with Gasteiger partial charge in [-0.05, 0) is 48.4 Å². The van der Waals surface area contributed by atoms with Crippen molar-refractivity contribution in [1.29, 1.82) is 0 Å². The van der Waals surface area contributed by atoms with Gasteiger partial charge in [0.2, 0.25) is 0 Å². The fourth-order valence-corrected chi connectivity index (χ4v) is 4.91. The zero-order chi connectivity index (χ0) is 22.3. The summed E-state index contributed by atoms with van der Waals surface area (Å²) in [5.74, 6) is -1.03. The Morgan fingerprint density at radius 3 is 2.58 bits per heavy atom. The molecule has 0 fully saturated rings. The number of fused-ring (bicyclic) bond motifs is 1. The molecule has 3 aromatic rings. The van der Waals surface area contributed by atoms with Gasteiger partial charge in [-0.25, -0.2) is 14.2 Å². The molecule has 0 amide bonds. The van der Waals surface area contributed by atoms with Gasteiger partial charge < -0.3 is 4.74 Å². The third-order valence-corrected chi connectivity index (χ3v) is 6.41. The van der Waals surface area contributed by atoms with Crippen molar-refractivity contribution in [2.24, 2.45) is 4.99 Å². The van der Waals surface area contributed by atoms with E-state index in [9.17, 15) is 14.0 Å². The molecule has 0 spiro atoms. The predicted molar refractivity (Wildman–Crippen MR) is 119 cm³/mol. The van der Waals surface area contributed by atoms with E-state index in [1.807, 2.05) is 0 Å². The minimum atomic E-state index is -0.799. The van der Waals surface area contributed by atoms with Crippen LogP contribution in [0.4, 0.5) is 4.39 Å². The smallest absolute Gasteiger partial charge is 0.338 e. The zero-order valence-electron chi connectivity index (χ0n) is 16.4. The highest BCUT2D eigenvalue weighted by molar-refractivity contribution is 7.07. The lowest BCUT2D eigenvalue weighted by Crippen LogP contribution is -2.39. The molecule has 1 aliphatic heterocycles. The number of esters is 1. The molecule has 2 aromatic carbocycles. The number of allylic oxidation sites excluding steroid dienone is 1. The van der Waals surface area contributed by atoms with E-state index in [4.69, 9.17) is 27.9 Å². The van der Waals surface area contributed by atoms with Crippen LogP contribution in [0.1, 0.15) is 24.1 Å². The number of methoxy groups -OCH3 is 1. The van der Waals surface area contributed by atoms with Gasteiger partial charge in [0.15, 0.2) is 4.80 Å². The average molecular weight is 477 g/mol. The summed E-state index contributed by atoms with van der Waals surface area (Å²) in [6.07, 6.45) is 1.65. The monoisotopic (exact) mass is 476 g/mol. The molecule has 1 atom stereocenters. The van der Waals surface area contributed by atoms with Gasteiger partial charge in [0.1, 0.15) is 5.82 Å². The number of thiazole rings is 1. The van der Waals surface area contributed by atoms with Crippen LogP contribution < -0.4 is 14.9 Å². The van der Waals surface area contributed by atoms with Crippen LogP contribution in [0.15, 0.2) is 63.5 Å². The molecule has 1 unspecified atom stereocenters. The van der Waals surface area contributed by atoms with E-state index in [1.165, 1.54) is 47.3 Å². The van der Waals surface area contributed by atoms with E-state index in [1.54, 1.807) is 31.2 Å².